The minimum atomic E-state index is -4.94. The van der Waals surface area contributed by atoms with Crippen LogP contribution in [0.4, 0.5) is 39.5 Å². The first-order valence-corrected chi connectivity index (χ1v) is 13.7. The van der Waals surface area contributed by atoms with E-state index in [1.807, 2.05) is 0 Å². The van der Waals surface area contributed by atoms with Gasteiger partial charge in [0.25, 0.3) is 0 Å². The van der Waals surface area contributed by atoms with Crippen LogP contribution in [0, 0.1) is 0 Å². The SMILES string of the molecule is FC(F)(F)c1cccc[c]1[In]([c]1ccccc1C(F)(F)F)[c]1ccccc1C(F)(F)F. The molecule has 0 heterocycles. The quantitative estimate of drug-likeness (QED) is 0.391. The summed E-state index contributed by atoms with van der Waals surface area (Å²) >= 11 is -4.87. The normalized spacial score (nSPS) is 12.7. The van der Waals surface area contributed by atoms with E-state index in [-0.39, 0.29) is 0 Å². The molecule has 0 aromatic heterocycles. The first-order valence-electron chi connectivity index (χ1n) is 8.80. The Hall–Kier alpha value is -2.10. The van der Waals surface area contributed by atoms with Crippen molar-refractivity contribution in [1.82, 2.24) is 0 Å². The summed E-state index contributed by atoms with van der Waals surface area (Å²) in [7, 11) is 0. The van der Waals surface area contributed by atoms with Crippen LogP contribution in [0.1, 0.15) is 16.7 Å². The van der Waals surface area contributed by atoms with Gasteiger partial charge in [-0.2, -0.15) is 0 Å². The third-order valence-electron chi connectivity index (χ3n) is 4.73. The Morgan fingerprint density at radius 1 is 0.387 bits per heavy atom. The topological polar surface area (TPSA) is 0 Å². The number of alkyl halides is 9. The van der Waals surface area contributed by atoms with Crippen LogP contribution in [0.15, 0.2) is 72.8 Å². The van der Waals surface area contributed by atoms with Gasteiger partial charge in [0.1, 0.15) is 0 Å². The molecule has 10 heteroatoms. The summed E-state index contributed by atoms with van der Waals surface area (Å²) in [6, 6.07) is 11.8. The number of rotatable bonds is 3. The molecule has 0 atom stereocenters. The van der Waals surface area contributed by atoms with Gasteiger partial charge in [-0.3, -0.25) is 0 Å². The van der Waals surface area contributed by atoms with E-state index < -0.39 is 66.6 Å². The molecule has 0 saturated heterocycles. The van der Waals surface area contributed by atoms with Gasteiger partial charge in [0.2, 0.25) is 0 Å². The van der Waals surface area contributed by atoms with Gasteiger partial charge in [0.05, 0.1) is 0 Å². The third kappa shape index (κ3) is 5.05. The van der Waals surface area contributed by atoms with E-state index in [2.05, 4.69) is 0 Å². The summed E-state index contributed by atoms with van der Waals surface area (Å²) in [5.41, 5.74) is -3.65. The summed E-state index contributed by atoms with van der Waals surface area (Å²) in [6.45, 7) is 0. The molecule has 0 radical (unpaired) electrons. The summed E-state index contributed by atoms with van der Waals surface area (Å²) in [5.74, 6) is 0. The standard InChI is InChI=1S/3C7H4F3.In/c3*8-7(9,10)6-4-2-1-3-5-6;/h3*1-4H;. The zero-order chi connectivity index (χ0) is 23.0. The number of hydrogen-bond acceptors (Lipinski definition) is 0. The van der Waals surface area contributed by atoms with Gasteiger partial charge < -0.3 is 0 Å². The molecular formula is C21H12F9In. The molecule has 0 aliphatic heterocycles. The van der Waals surface area contributed by atoms with Gasteiger partial charge in [-0.1, -0.05) is 0 Å². The molecule has 3 aromatic rings. The van der Waals surface area contributed by atoms with E-state index in [0.29, 0.717) is 18.2 Å². The van der Waals surface area contributed by atoms with Gasteiger partial charge in [-0.15, -0.1) is 0 Å². The molecule has 0 N–H and O–H groups in total. The molecule has 0 saturated carbocycles. The Labute approximate surface area is 178 Å². The zero-order valence-electron chi connectivity index (χ0n) is 15.4. The molecule has 3 rings (SSSR count). The molecule has 0 unspecified atom stereocenters. The number of halogens is 9. The summed E-state index contributed by atoms with van der Waals surface area (Å²) in [4.78, 5) is 0. The second kappa shape index (κ2) is 8.44. The summed E-state index contributed by atoms with van der Waals surface area (Å²) in [5, 5.41) is 0. The van der Waals surface area contributed by atoms with Crippen molar-refractivity contribution in [3.05, 3.63) is 89.5 Å². The van der Waals surface area contributed by atoms with Crippen molar-refractivity contribution in [3.63, 3.8) is 0 Å². The maximum absolute atomic E-state index is 13.7. The molecule has 0 fully saturated rings. The first-order chi connectivity index (χ1) is 14.3. The van der Waals surface area contributed by atoms with Crippen molar-refractivity contribution in [2.75, 3.05) is 0 Å². The van der Waals surface area contributed by atoms with Crippen molar-refractivity contribution in [1.29, 1.82) is 0 Å². The Kier molecular flexibility index (Phi) is 6.42. The third-order valence-corrected chi connectivity index (χ3v) is 14.4. The molecule has 0 spiro atoms. The second-order valence-electron chi connectivity index (χ2n) is 6.69. The van der Waals surface area contributed by atoms with Crippen LogP contribution in [0.25, 0.3) is 0 Å². The van der Waals surface area contributed by atoms with Crippen molar-refractivity contribution < 1.29 is 39.5 Å². The Balaban J connectivity index is 2.44. The average molecular weight is 550 g/mol. The number of benzene rings is 3. The fourth-order valence-electron chi connectivity index (χ4n) is 3.52. The van der Waals surface area contributed by atoms with E-state index >= 15 is 0 Å². The van der Waals surface area contributed by atoms with Gasteiger partial charge >= 0.3 is 179 Å². The van der Waals surface area contributed by atoms with Crippen LogP contribution in [0.3, 0.4) is 0 Å². The van der Waals surface area contributed by atoms with E-state index in [1.165, 1.54) is 18.2 Å². The molecule has 31 heavy (non-hydrogen) atoms. The average Bonchev–Trinajstić information content (AvgIpc) is 2.67. The zero-order valence-corrected chi connectivity index (χ0v) is 18.7. The fraction of sp³-hybridized carbons (Fsp3) is 0.143. The fourth-order valence-corrected chi connectivity index (χ4v) is 13.9. The van der Waals surface area contributed by atoms with Crippen molar-refractivity contribution >= 4 is 31.4 Å². The van der Waals surface area contributed by atoms with E-state index in [4.69, 9.17) is 0 Å². The Morgan fingerprint density at radius 2 is 0.613 bits per heavy atom. The molecule has 0 aliphatic carbocycles. The molecule has 0 nitrogen and oxygen atoms in total. The van der Waals surface area contributed by atoms with Crippen molar-refractivity contribution in [2.45, 2.75) is 18.5 Å². The predicted molar refractivity (Wildman–Crippen MR) is 99.0 cm³/mol. The van der Waals surface area contributed by atoms with Crippen LogP contribution in [-0.2, 0) is 18.5 Å². The van der Waals surface area contributed by atoms with E-state index in [0.717, 1.165) is 36.4 Å². The number of hydrogen-bond donors (Lipinski definition) is 0. The minimum absolute atomic E-state index is 0.495. The summed E-state index contributed by atoms with van der Waals surface area (Å²) < 4.78 is 122. The van der Waals surface area contributed by atoms with Crippen LogP contribution < -0.4 is 9.96 Å². The molecule has 0 amide bonds. The molecule has 0 bridgehead atoms. The van der Waals surface area contributed by atoms with Gasteiger partial charge in [0.15, 0.2) is 0 Å². The predicted octanol–water partition coefficient (Wildman–Crippen LogP) is 5.26. The van der Waals surface area contributed by atoms with E-state index in [9.17, 15) is 39.5 Å². The van der Waals surface area contributed by atoms with Crippen LogP contribution >= 0.6 is 0 Å². The summed E-state index contributed by atoms with van der Waals surface area (Å²) in [6.07, 6.45) is -14.8. The van der Waals surface area contributed by atoms with Gasteiger partial charge in [-0.25, -0.2) is 0 Å². The van der Waals surface area contributed by atoms with E-state index in [1.54, 1.807) is 0 Å². The Bertz CT molecular complexity index is 928. The second-order valence-corrected chi connectivity index (χ2v) is 14.5. The molecule has 162 valence electrons. The van der Waals surface area contributed by atoms with Crippen molar-refractivity contribution in [2.24, 2.45) is 0 Å². The van der Waals surface area contributed by atoms with Crippen LogP contribution in [-0.4, -0.2) is 21.4 Å². The Morgan fingerprint density at radius 3 is 0.839 bits per heavy atom. The van der Waals surface area contributed by atoms with Gasteiger partial charge in [-0.05, 0) is 0 Å². The van der Waals surface area contributed by atoms with Crippen LogP contribution in [0.5, 0.6) is 0 Å². The van der Waals surface area contributed by atoms with Gasteiger partial charge in [0, 0.05) is 0 Å². The monoisotopic (exact) mass is 550 g/mol. The molecule has 0 aliphatic rings. The molecular weight excluding hydrogens is 538 g/mol. The first kappa shape index (κ1) is 23.6. The van der Waals surface area contributed by atoms with Crippen LogP contribution in [0.2, 0.25) is 0 Å². The molecule has 3 aromatic carbocycles. The maximum atomic E-state index is 13.7. The van der Waals surface area contributed by atoms with Crippen molar-refractivity contribution in [3.8, 4) is 0 Å².